The molecule has 0 radical (unpaired) electrons. The van der Waals surface area contributed by atoms with Crippen LogP contribution in [0.4, 0.5) is 23.8 Å². The molecule has 51 heavy (non-hydrogen) atoms. The molecule has 14 heteroatoms. The fraction of sp³-hybridized carbons (Fsp3) is 0.432. The summed E-state index contributed by atoms with van der Waals surface area (Å²) in [6, 6.07) is 14.5. The second-order valence-corrected chi connectivity index (χ2v) is 14.6. The molecule has 266 valence electrons. The number of hydrogen-bond acceptors (Lipinski definition) is 8. The van der Waals surface area contributed by atoms with Gasteiger partial charge in [-0.1, -0.05) is 36.4 Å². The number of hydrogen-bond donors (Lipinski definition) is 0. The number of imidazole rings is 1. The van der Waals surface area contributed by atoms with E-state index in [2.05, 4.69) is 11.0 Å². The van der Waals surface area contributed by atoms with Crippen LogP contribution in [0.25, 0.3) is 38.4 Å². The second kappa shape index (κ2) is 12.6. The molecule has 2 aliphatic rings. The van der Waals surface area contributed by atoms with Crippen molar-refractivity contribution in [2.45, 2.75) is 69.9 Å². The van der Waals surface area contributed by atoms with E-state index >= 15 is 13.2 Å². The van der Waals surface area contributed by atoms with Crippen molar-refractivity contribution >= 4 is 44.6 Å². The van der Waals surface area contributed by atoms with Crippen molar-refractivity contribution in [3.05, 3.63) is 70.9 Å². The summed E-state index contributed by atoms with van der Waals surface area (Å²) in [6.45, 7) is 6.78. The van der Waals surface area contributed by atoms with E-state index < -0.39 is 35.2 Å². The van der Waals surface area contributed by atoms with E-state index in [0.29, 0.717) is 53.6 Å². The number of anilines is 1. The number of halogens is 3. The normalized spacial score (nSPS) is 18.8. The molecule has 2 aromatic carbocycles. The number of likely N-dealkylation sites (N-methyl/N-ethyl adjacent to an activating group) is 1. The van der Waals surface area contributed by atoms with Gasteiger partial charge in [-0.2, -0.15) is 18.4 Å². The first-order valence-corrected chi connectivity index (χ1v) is 17.0. The molecule has 2 aliphatic heterocycles. The summed E-state index contributed by atoms with van der Waals surface area (Å²) >= 11 is 0. The van der Waals surface area contributed by atoms with Gasteiger partial charge >= 0.3 is 12.3 Å². The van der Waals surface area contributed by atoms with Gasteiger partial charge in [-0.3, -0.25) is 9.36 Å². The number of ether oxygens (including phenoxy) is 1. The van der Waals surface area contributed by atoms with E-state index in [-0.39, 0.29) is 41.6 Å². The van der Waals surface area contributed by atoms with Crippen molar-refractivity contribution in [2.24, 2.45) is 0 Å². The van der Waals surface area contributed by atoms with Gasteiger partial charge in [-0.25, -0.2) is 14.8 Å². The van der Waals surface area contributed by atoms with Crippen LogP contribution in [-0.2, 0) is 10.9 Å². The number of likely N-dealkylation sites (tertiary alicyclic amines) is 1. The average Bonchev–Trinajstić information content (AvgIpc) is 3.49. The zero-order chi connectivity index (χ0) is 36.4. The summed E-state index contributed by atoms with van der Waals surface area (Å²) in [5, 5.41) is 10.9. The molecule has 0 aliphatic carbocycles. The van der Waals surface area contributed by atoms with E-state index in [1.54, 1.807) is 68.4 Å². The van der Waals surface area contributed by atoms with Crippen molar-refractivity contribution < 1.29 is 22.7 Å². The van der Waals surface area contributed by atoms with E-state index in [1.807, 2.05) is 23.6 Å². The molecule has 5 heterocycles. The maximum absolute atomic E-state index is 15.1. The van der Waals surface area contributed by atoms with E-state index in [0.717, 1.165) is 10.6 Å². The zero-order valence-electron chi connectivity index (χ0n) is 29.1. The van der Waals surface area contributed by atoms with Gasteiger partial charge < -0.3 is 24.0 Å². The summed E-state index contributed by atoms with van der Waals surface area (Å²) in [5.74, 6) is 0.426. The van der Waals surface area contributed by atoms with Gasteiger partial charge in [-0.15, -0.1) is 0 Å². The Balaban J connectivity index is 1.44. The summed E-state index contributed by atoms with van der Waals surface area (Å²) in [7, 11) is 3.95. The third-order valence-corrected chi connectivity index (χ3v) is 9.89. The van der Waals surface area contributed by atoms with E-state index in [1.165, 1.54) is 6.07 Å². The minimum atomic E-state index is -4.90. The molecule has 2 atom stereocenters. The highest BCUT2D eigenvalue weighted by Gasteiger charge is 2.40. The minimum absolute atomic E-state index is 0.0381. The number of carbonyl (C=O) groups is 1. The molecular formula is C37H39F3N8O3. The van der Waals surface area contributed by atoms with Gasteiger partial charge in [0.25, 0.3) is 5.56 Å². The summed E-state index contributed by atoms with van der Waals surface area (Å²) in [6.07, 6.45) is -3.03. The summed E-state index contributed by atoms with van der Waals surface area (Å²) in [5.41, 5.74) is -1.99. The monoisotopic (exact) mass is 700 g/mol. The molecule has 0 saturated carbocycles. The number of aromatic nitrogens is 4. The van der Waals surface area contributed by atoms with Crippen LogP contribution in [-0.4, -0.2) is 86.4 Å². The van der Waals surface area contributed by atoms with Crippen LogP contribution in [0.5, 0.6) is 0 Å². The predicted octanol–water partition coefficient (Wildman–Crippen LogP) is 6.51. The van der Waals surface area contributed by atoms with Crippen LogP contribution in [0.15, 0.2) is 59.7 Å². The number of amides is 1. The predicted molar refractivity (Wildman–Crippen MR) is 188 cm³/mol. The molecule has 1 amide bonds. The Hall–Kier alpha value is -5.16. The number of pyridine rings is 2. The fourth-order valence-electron chi connectivity index (χ4n) is 7.28. The lowest BCUT2D eigenvalue weighted by Crippen LogP contribution is -2.57. The number of piperidine rings is 1. The largest absolute Gasteiger partial charge is 0.444 e. The number of rotatable bonds is 5. The lowest BCUT2D eigenvalue weighted by molar-refractivity contribution is -0.142. The SMILES string of the molecule is CN(C)C1CN(c2nc3c(=O)n(-c4cccc5ccccc45)c(C(F)(F)F)cc3c3c2ncn3[C@H]2CCN(C(=O)OC(C)(C)C)[C@H](CC#N)C2)C1. The van der Waals surface area contributed by atoms with E-state index in [9.17, 15) is 14.9 Å². The molecular weight excluding hydrogens is 661 g/mol. The number of nitriles is 1. The van der Waals surface area contributed by atoms with Gasteiger partial charge in [0.1, 0.15) is 22.3 Å². The van der Waals surface area contributed by atoms with Gasteiger partial charge in [-0.05, 0) is 65.2 Å². The molecule has 0 spiro atoms. The van der Waals surface area contributed by atoms with Crippen LogP contribution in [0, 0.1) is 11.3 Å². The Bertz CT molecular complexity index is 2250. The first kappa shape index (κ1) is 34.3. The lowest BCUT2D eigenvalue weighted by Gasteiger charge is -2.43. The highest BCUT2D eigenvalue weighted by Crippen LogP contribution is 2.40. The third kappa shape index (κ3) is 6.13. The quantitative estimate of drug-likeness (QED) is 0.204. The summed E-state index contributed by atoms with van der Waals surface area (Å²) < 4.78 is 53.4. The molecule has 0 N–H and O–H groups in total. The maximum Gasteiger partial charge on any atom is 0.431 e. The van der Waals surface area contributed by atoms with Crippen molar-refractivity contribution in [3.8, 4) is 11.8 Å². The minimum Gasteiger partial charge on any atom is -0.444 e. The topological polar surface area (TPSA) is 113 Å². The third-order valence-electron chi connectivity index (χ3n) is 9.89. The Labute approximate surface area is 292 Å². The number of alkyl halides is 3. The summed E-state index contributed by atoms with van der Waals surface area (Å²) in [4.78, 5) is 42.8. The number of benzene rings is 2. The molecule has 7 rings (SSSR count). The molecule has 0 unspecified atom stereocenters. The zero-order valence-corrected chi connectivity index (χ0v) is 29.1. The van der Waals surface area contributed by atoms with Crippen LogP contribution in [0.2, 0.25) is 0 Å². The lowest BCUT2D eigenvalue weighted by atomic mass is 9.95. The van der Waals surface area contributed by atoms with Gasteiger partial charge in [0.15, 0.2) is 5.82 Å². The molecule has 11 nitrogen and oxygen atoms in total. The Morgan fingerprint density at radius 3 is 2.47 bits per heavy atom. The van der Waals surface area contributed by atoms with Crippen molar-refractivity contribution in [3.63, 3.8) is 0 Å². The highest BCUT2D eigenvalue weighted by atomic mass is 19.4. The fourth-order valence-corrected chi connectivity index (χ4v) is 7.28. The Kier molecular flexibility index (Phi) is 8.45. The van der Waals surface area contributed by atoms with Gasteiger partial charge in [0.05, 0.1) is 30.0 Å². The molecule has 2 fully saturated rings. The van der Waals surface area contributed by atoms with Crippen LogP contribution >= 0.6 is 0 Å². The maximum atomic E-state index is 15.1. The smallest absolute Gasteiger partial charge is 0.431 e. The highest BCUT2D eigenvalue weighted by molar-refractivity contribution is 6.07. The van der Waals surface area contributed by atoms with Gasteiger partial charge in [0, 0.05) is 48.5 Å². The van der Waals surface area contributed by atoms with Gasteiger partial charge in [0.2, 0.25) is 0 Å². The molecule has 0 bridgehead atoms. The molecule has 5 aromatic rings. The number of nitrogens with zero attached hydrogens (tertiary/aromatic N) is 8. The van der Waals surface area contributed by atoms with Crippen LogP contribution in [0.3, 0.4) is 0 Å². The standard InChI is InChI=1S/C37H39F3N8O3/c1-36(2,3)51-35(50)46-16-14-24(17-23(46)13-15-41)47-21-42-31-32(47)27-18-29(37(38,39)40)48(28-12-8-10-22-9-6-7-11-26(22)28)34(49)30(27)43-33(31)45-19-25(20-45)44(4)5/h6-12,18,21,23-25H,13-14,16-17,19-20H2,1-5H3/t23-,24+/m1/s1. The van der Waals surface area contributed by atoms with Crippen LogP contribution in [0.1, 0.15) is 51.8 Å². The molecule has 2 saturated heterocycles. The Morgan fingerprint density at radius 2 is 1.78 bits per heavy atom. The second-order valence-electron chi connectivity index (χ2n) is 14.6. The van der Waals surface area contributed by atoms with Crippen molar-refractivity contribution in [2.75, 3.05) is 38.6 Å². The van der Waals surface area contributed by atoms with Crippen molar-refractivity contribution in [1.29, 1.82) is 5.26 Å². The van der Waals surface area contributed by atoms with E-state index in [4.69, 9.17) is 14.7 Å². The first-order valence-electron chi connectivity index (χ1n) is 17.0. The molecule has 3 aromatic heterocycles. The average molecular weight is 701 g/mol. The Morgan fingerprint density at radius 1 is 1.06 bits per heavy atom. The van der Waals surface area contributed by atoms with Crippen molar-refractivity contribution in [1.82, 2.24) is 28.9 Å². The first-order chi connectivity index (χ1) is 24.2. The number of fused-ring (bicyclic) bond motifs is 4. The number of carbonyl (C=O) groups excluding carboxylic acids is 1. The van der Waals surface area contributed by atoms with Crippen LogP contribution < -0.4 is 10.5 Å².